The Balaban J connectivity index is 2.40. The number of ether oxygens (including phenoxy) is 1. The molecule has 0 amide bonds. The van der Waals surface area contributed by atoms with Crippen molar-refractivity contribution in [2.45, 2.75) is 5.88 Å². The Morgan fingerprint density at radius 2 is 1.89 bits per heavy atom. The van der Waals surface area contributed by atoms with E-state index < -0.39 is 0 Å². The van der Waals surface area contributed by atoms with E-state index in [0.29, 0.717) is 21.4 Å². The number of hydrogen-bond acceptors (Lipinski definition) is 3. The van der Waals surface area contributed by atoms with Crippen molar-refractivity contribution in [1.82, 2.24) is 9.97 Å². The molecule has 0 unspecified atom stereocenters. The normalized spacial score (nSPS) is 10.4. The van der Waals surface area contributed by atoms with Crippen LogP contribution in [0.15, 0.2) is 24.5 Å². The lowest BCUT2D eigenvalue weighted by molar-refractivity contribution is 0.457. The van der Waals surface area contributed by atoms with E-state index in [4.69, 9.17) is 51.1 Å². The van der Waals surface area contributed by atoms with Gasteiger partial charge in [0.1, 0.15) is 22.3 Å². The van der Waals surface area contributed by atoms with E-state index in [1.807, 2.05) is 0 Å². The van der Waals surface area contributed by atoms with Crippen molar-refractivity contribution in [2.75, 3.05) is 0 Å². The lowest BCUT2D eigenvalue weighted by atomic mass is 10.3. The van der Waals surface area contributed by atoms with E-state index in [2.05, 4.69) is 9.97 Å². The van der Waals surface area contributed by atoms with Gasteiger partial charge in [-0.3, -0.25) is 0 Å². The Labute approximate surface area is 124 Å². The molecule has 0 aliphatic heterocycles. The summed E-state index contributed by atoms with van der Waals surface area (Å²) in [5.41, 5.74) is 0.497. The molecule has 0 spiro atoms. The van der Waals surface area contributed by atoms with Crippen LogP contribution in [-0.2, 0) is 5.88 Å². The third kappa shape index (κ3) is 2.81. The topological polar surface area (TPSA) is 35.0 Å². The number of alkyl halides is 1. The highest BCUT2D eigenvalue weighted by molar-refractivity contribution is 6.42. The minimum absolute atomic E-state index is 0.132. The van der Waals surface area contributed by atoms with Crippen molar-refractivity contribution in [1.29, 1.82) is 0 Å². The van der Waals surface area contributed by atoms with Crippen LogP contribution in [0.4, 0.5) is 0 Å². The molecular formula is C11H6Cl4N2O. The molecule has 0 N–H and O–H groups in total. The second-order valence-electron chi connectivity index (χ2n) is 3.24. The second kappa shape index (κ2) is 5.93. The summed E-state index contributed by atoms with van der Waals surface area (Å²) in [6, 6.07) is 5.04. The summed E-state index contributed by atoms with van der Waals surface area (Å²) in [6.07, 6.45) is 1.28. The monoisotopic (exact) mass is 322 g/mol. The smallest absolute Gasteiger partial charge is 0.228 e. The van der Waals surface area contributed by atoms with Crippen molar-refractivity contribution >= 4 is 46.4 Å². The van der Waals surface area contributed by atoms with Gasteiger partial charge in [0, 0.05) is 0 Å². The van der Waals surface area contributed by atoms with Gasteiger partial charge in [-0.1, -0.05) is 40.9 Å². The summed E-state index contributed by atoms with van der Waals surface area (Å²) in [7, 11) is 0. The maximum absolute atomic E-state index is 6.01. The molecule has 7 heteroatoms. The Hall–Kier alpha value is -0.740. The van der Waals surface area contributed by atoms with Crippen LogP contribution < -0.4 is 4.74 Å². The molecule has 0 aliphatic carbocycles. The fraction of sp³-hybridized carbons (Fsp3) is 0.0909. The maximum atomic E-state index is 6.01. The molecule has 0 radical (unpaired) electrons. The molecule has 94 valence electrons. The highest BCUT2D eigenvalue weighted by Crippen LogP contribution is 2.36. The van der Waals surface area contributed by atoms with Gasteiger partial charge >= 0.3 is 0 Å². The number of halogens is 4. The first-order valence-corrected chi connectivity index (χ1v) is 6.47. The van der Waals surface area contributed by atoms with E-state index in [0.717, 1.165) is 0 Å². The van der Waals surface area contributed by atoms with E-state index in [1.54, 1.807) is 18.2 Å². The summed E-state index contributed by atoms with van der Waals surface area (Å²) >= 11 is 23.6. The molecule has 0 fully saturated rings. The molecule has 0 aliphatic rings. The first-order chi connectivity index (χ1) is 8.63. The highest BCUT2D eigenvalue weighted by Gasteiger charge is 2.13. The van der Waals surface area contributed by atoms with Crippen molar-refractivity contribution in [2.24, 2.45) is 0 Å². The van der Waals surface area contributed by atoms with Gasteiger partial charge in [0.2, 0.25) is 5.88 Å². The molecule has 3 nitrogen and oxygen atoms in total. The zero-order valence-electron chi connectivity index (χ0n) is 8.83. The van der Waals surface area contributed by atoms with Crippen LogP contribution in [0.25, 0.3) is 0 Å². The molecule has 1 aromatic heterocycles. The molecule has 1 heterocycles. The van der Waals surface area contributed by atoms with Gasteiger partial charge in [-0.25, -0.2) is 9.97 Å². The zero-order valence-corrected chi connectivity index (χ0v) is 11.9. The highest BCUT2D eigenvalue weighted by atomic mass is 35.5. The Morgan fingerprint density at radius 3 is 2.61 bits per heavy atom. The quantitative estimate of drug-likeness (QED) is 0.591. The van der Waals surface area contributed by atoms with Gasteiger partial charge in [0.05, 0.1) is 16.5 Å². The fourth-order valence-corrected chi connectivity index (χ4v) is 2.07. The average molecular weight is 324 g/mol. The number of hydrogen-bond donors (Lipinski definition) is 0. The lowest BCUT2D eigenvalue weighted by Gasteiger charge is -2.10. The molecule has 0 saturated heterocycles. The van der Waals surface area contributed by atoms with Crippen LogP contribution in [-0.4, -0.2) is 9.97 Å². The lowest BCUT2D eigenvalue weighted by Crippen LogP contribution is -1.96. The Bertz CT molecular complexity index is 577. The number of rotatable bonds is 3. The standard InChI is InChI=1S/C11H6Cl4N2O/c12-4-6-10(15)16-5-17-11(6)18-8-3-1-2-7(13)9(8)14/h1-3,5H,4H2. The second-order valence-corrected chi connectivity index (χ2v) is 4.65. The van der Waals surface area contributed by atoms with Crippen LogP contribution in [0.5, 0.6) is 11.6 Å². The maximum Gasteiger partial charge on any atom is 0.228 e. The van der Waals surface area contributed by atoms with Crippen molar-refractivity contribution in [3.63, 3.8) is 0 Å². The van der Waals surface area contributed by atoms with Gasteiger partial charge in [-0.05, 0) is 12.1 Å². The average Bonchev–Trinajstić information content (AvgIpc) is 2.35. The van der Waals surface area contributed by atoms with E-state index in [1.165, 1.54) is 6.33 Å². The largest absolute Gasteiger partial charge is 0.437 e. The molecule has 0 atom stereocenters. The number of aromatic nitrogens is 2. The van der Waals surface area contributed by atoms with E-state index in [9.17, 15) is 0 Å². The molecule has 1 aromatic carbocycles. The fourth-order valence-electron chi connectivity index (χ4n) is 1.24. The van der Waals surface area contributed by atoms with Crippen LogP contribution in [0, 0.1) is 0 Å². The summed E-state index contributed by atoms with van der Waals surface area (Å²) < 4.78 is 5.56. The zero-order chi connectivity index (χ0) is 13.1. The predicted octanol–water partition coefficient (Wildman–Crippen LogP) is 4.97. The van der Waals surface area contributed by atoms with Gasteiger partial charge in [0.15, 0.2) is 0 Å². The van der Waals surface area contributed by atoms with Gasteiger partial charge < -0.3 is 4.74 Å². The van der Waals surface area contributed by atoms with Crippen LogP contribution in [0.3, 0.4) is 0 Å². The van der Waals surface area contributed by atoms with Gasteiger partial charge in [-0.15, -0.1) is 11.6 Å². The van der Waals surface area contributed by atoms with Crippen LogP contribution in [0.2, 0.25) is 15.2 Å². The third-order valence-electron chi connectivity index (χ3n) is 2.11. The third-order valence-corrected chi connectivity index (χ3v) is 3.50. The molecule has 2 rings (SSSR count). The number of nitrogens with zero attached hydrogens (tertiary/aromatic N) is 2. The van der Waals surface area contributed by atoms with Gasteiger partial charge in [-0.2, -0.15) is 0 Å². The summed E-state index contributed by atoms with van der Waals surface area (Å²) in [4.78, 5) is 7.80. The first kappa shape index (κ1) is 13.7. The van der Waals surface area contributed by atoms with Crippen LogP contribution in [0.1, 0.15) is 5.56 Å². The van der Waals surface area contributed by atoms with Gasteiger partial charge in [0.25, 0.3) is 0 Å². The Kier molecular flexibility index (Phi) is 4.51. The predicted molar refractivity (Wildman–Crippen MR) is 73.1 cm³/mol. The van der Waals surface area contributed by atoms with E-state index >= 15 is 0 Å². The first-order valence-electron chi connectivity index (χ1n) is 4.80. The van der Waals surface area contributed by atoms with Crippen LogP contribution >= 0.6 is 46.4 Å². The summed E-state index contributed by atoms with van der Waals surface area (Å²) in [5.74, 6) is 0.771. The molecule has 0 bridgehead atoms. The molecule has 18 heavy (non-hydrogen) atoms. The number of benzene rings is 1. The van der Waals surface area contributed by atoms with Crippen molar-refractivity contribution in [3.8, 4) is 11.6 Å². The minimum Gasteiger partial charge on any atom is -0.437 e. The van der Waals surface area contributed by atoms with E-state index in [-0.39, 0.29) is 16.9 Å². The SMILES string of the molecule is ClCc1c(Cl)ncnc1Oc1cccc(Cl)c1Cl. The summed E-state index contributed by atoms with van der Waals surface area (Å²) in [6.45, 7) is 0. The molecule has 0 saturated carbocycles. The minimum atomic E-state index is 0.132. The summed E-state index contributed by atoms with van der Waals surface area (Å²) in [5, 5.41) is 0.935. The Morgan fingerprint density at radius 1 is 1.11 bits per heavy atom. The van der Waals surface area contributed by atoms with Crippen molar-refractivity contribution in [3.05, 3.63) is 45.3 Å². The molecular weight excluding hydrogens is 318 g/mol. The molecule has 2 aromatic rings. The van der Waals surface area contributed by atoms with Crippen molar-refractivity contribution < 1.29 is 4.74 Å².